The third kappa shape index (κ3) is 4.98. The van der Waals surface area contributed by atoms with Gasteiger partial charge in [0, 0.05) is 11.8 Å². The van der Waals surface area contributed by atoms with Crippen LogP contribution in [0.3, 0.4) is 0 Å². The van der Waals surface area contributed by atoms with Gasteiger partial charge >= 0.3 is 0 Å². The van der Waals surface area contributed by atoms with Gasteiger partial charge in [-0.25, -0.2) is 8.42 Å². The summed E-state index contributed by atoms with van der Waals surface area (Å²) in [5, 5.41) is -0.585. The van der Waals surface area contributed by atoms with Crippen LogP contribution in [0.1, 0.15) is 5.56 Å². The molecule has 2 aromatic rings. The van der Waals surface area contributed by atoms with E-state index < -0.39 is 15.3 Å². The maximum Gasteiger partial charge on any atom is 0.262 e. The average Bonchev–Trinajstić information content (AvgIpc) is 2.60. The number of allylic oxidation sites excluding steroid dienone is 1. The van der Waals surface area contributed by atoms with Crippen LogP contribution < -0.4 is 14.2 Å². The summed E-state index contributed by atoms with van der Waals surface area (Å²) in [6.45, 7) is 0. The zero-order valence-corrected chi connectivity index (χ0v) is 15.1. The zero-order valence-electron chi connectivity index (χ0n) is 13.5. The van der Waals surface area contributed by atoms with Gasteiger partial charge in [0.25, 0.3) is 10.0 Å². The van der Waals surface area contributed by atoms with Crippen molar-refractivity contribution in [3.8, 4) is 11.5 Å². The summed E-state index contributed by atoms with van der Waals surface area (Å²) in [5.41, 5.74) is 1.09. The highest BCUT2D eigenvalue weighted by atomic mass is 35.5. The zero-order chi connectivity index (χ0) is 18.4. The Hall–Kier alpha value is -2.51. The molecular weight excluding hydrogens is 366 g/mol. The number of hydrogen-bond donors (Lipinski definition) is 1. The van der Waals surface area contributed by atoms with E-state index in [0.717, 1.165) is 0 Å². The molecule has 0 aliphatic heterocycles. The topological polar surface area (TPSA) is 81.7 Å². The number of anilines is 1. The Balaban J connectivity index is 2.22. The molecule has 0 spiro atoms. The summed E-state index contributed by atoms with van der Waals surface area (Å²) in [6.07, 6.45) is 2.74. The molecule has 0 fully saturated rings. The fraction of sp³-hybridized carbons (Fsp3) is 0.118. The molecule has 1 N–H and O–H groups in total. The first-order valence-electron chi connectivity index (χ1n) is 7.08. The van der Waals surface area contributed by atoms with E-state index in [2.05, 4.69) is 4.72 Å². The molecule has 0 atom stereocenters. The number of methoxy groups -OCH3 is 2. The molecular formula is C17H16ClNO5S. The first-order chi connectivity index (χ1) is 11.9. The summed E-state index contributed by atoms with van der Waals surface area (Å²) in [4.78, 5) is 10.7. The summed E-state index contributed by atoms with van der Waals surface area (Å²) in [5.74, 6) is 0.753. The monoisotopic (exact) mass is 381 g/mol. The second-order valence-electron chi connectivity index (χ2n) is 4.88. The molecule has 0 amide bonds. The third-order valence-corrected chi connectivity index (χ3v) is 4.74. The molecule has 2 rings (SSSR count). The van der Waals surface area contributed by atoms with Gasteiger partial charge in [0.05, 0.1) is 19.1 Å². The predicted octanol–water partition coefficient (Wildman–Crippen LogP) is 3.28. The lowest BCUT2D eigenvalue weighted by atomic mass is 10.2. The molecule has 0 aliphatic carbocycles. The van der Waals surface area contributed by atoms with Crippen molar-refractivity contribution >= 4 is 38.6 Å². The van der Waals surface area contributed by atoms with Crippen LogP contribution in [0.15, 0.2) is 53.4 Å². The second-order valence-corrected chi connectivity index (χ2v) is 6.94. The molecule has 0 unspecified atom stereocenters. The van der Waals surface area contributed by atoms with Gasteiger partial charge in [-0.15, -0.1) is 0 Å². The minimum atomic E-state index is -3.79. The van der Waals surface area contributed by atoms with Gasteiger partial charge in [-0.1, -0.05) is 18.2 Å². The molecule has 0 bridgehead atoms. The molecule has 25 heavy (non-hydrogen) atoms. The number of hydrogen-bond acceptors (Lipinski definition) is 5. The molecule has 0 aliphatic rings. The lowest BCUT2D eigenvalue weighted by Crippen LogP contribution is -2.13. The number of sulfonamides is 1. The molecule has 2 aromatic carbocycles. The van der Waals surface area contributed by atoms with Gasteiger partial charge in [-0.05, 0) is 47.5 Å². The predicted molar refractivity (Wildman–Crippen MR) is 96.7 cm³/mol. The van der Waals surface area contributed by atoms with E-state index in [-0.39, 0.29) is 4.90 Å². The van der Waals surface area contributed by atoms with Crippen LogP contribution in [0.5, 0.6) is 11.5 Å². The van der Waals surface area contributed by atoms with Gasteiger partial charge in [0.2, 0.25) is 5.24 Å². The van der Waals surface area contributed by atoms with E-state index in [1.807, 2.05) is 0 Å². The Labute approximate surface area is 151 Å². The van der Waals surface area contributed by atoms with E-state index in [9.17, 15) is 13.2 Å². The van der Waals surface area contributed by atoms with Crippen LogP contribution in [0, 0.1) is 0 Å². The minimum Gasteiger partial charge on any atom is -0.493 e. The van der Waals surface area contributed by atoms with E-state index in [1.54, 1.807) is 24.3 Å². The maximum atomic E-state index is 12.5. The van der Waals surface area contributed by atoms with Crippen molar-refractivity contribution in [2.45, 2.75) is 4.90 Å². The van der Waals surface area contributed by atoms with Crippen LogP contribution in [0.2, 0.25) is 0 Å². The van der Waals surface area contributed by atoms with Crippen molar-refractivity contribution in [3.05, 3.63) is 54.1 Å². The van der Waals surface area contributed by atoms with Gasteiger partial charge in [-0.2, -0.15) is 0 Å². The third-order valence-electron chi connectivity index (χ3n) is 3.24. The van der Waals surface area contributed by atoms with Crippen molar-refractivity contribution in [3.63, 3.8) is 0 Å². The van der Waals surface area contributed by atoms with E-state index in [1.165, 1.54) is 44.6 Å². The highest BCUT2D eigenvalue weighted by Gasteiger charge is 2.17. The summed E-state index contributed by atoms with van der Waals surface area (Å²) >= 11 is 5.22. The van der Waals surface area contributed by atoms with Crippen LogP contribution in [0.25, 0.3) is 6.08 Å². The van der Waals surface area contributed by atoms with E-state index in [4.69, 9.17) is 21.1 Å². The summed E-state index contributed by atoms with van der Waals surface area (Å²) in [6, 6.07) is 10.8. The lowest BCUT2D eigenvalue weighted by molar-refractivity contribution is -0.107. The SMILES string of the molecule is COc1ccc(S(=O)(=O)Nc2ccc(C=CC(=O)Cl)cc2)cc1OC. The molecule has 6 nitrogen and oxygen atoms in total. The van der Waals surface area contributed by atoms with Gasteiger partial charge in [0.1, 0.15) is 0 Å². The highest BCUT2D eigenvalue weighted by Crippen LogP contribution is 2.30. The molecule has 0 radical (unpaired) electrons. The quantitative estimate of drug-likeness (QED) is 0.588. The smallest absolute Gasteiger partial charge is 0.262 e. The standard InChI is InChI=1S/C17H16ClNO5S/c1-23-15-9-8-14(11-16(15)24-2)25(21,22)19-13-6-3-12(4-7-13)5-10-17(18)20/h3-11,19H,1-2H3. The number of carbonyl (C=O) groups excluding carboxylic acids is 1. The molecule has 0 heterocycles. The number of benzene rings is 2. The second kappa shape index (κ2) is 8.04. The van der Waals surface area contributed by atoms with Crippen LogP contribution >= 0.6 is 11.6 Å². The Morgan fingerprint density at radius 1 is 1.04 bits per heavy atom. The molecule has 0 saturated heterocycles. The average molecular weight is 382 g/mol. The van der Waals surface area contributed by atoms with Crippen LogP contribution in [0.4, 0.5) is 5.69 Å². The van der Waals surface area contributed by atoms with E-state index >= 15 is 0 Å². The fourth-order valence-electron chi connectivity index (χ4n) is 2.02. The summed E-state index contributed by atoms with van der Waals surface area (Å²) in [7, 11) is -0.888. The Morgan fingerprint density at radius 3 is 2.24 bits per heavy atom. The normalized spacial score (nSPS) is 11.3. The molecule has 0 saturated carbocycles. The van der Waals surface area contributed by atoms with Crippen molar-refractivity contribution in [2.24, 2.45) is 0 Å². The van der Waals surface area contributed by atoms with Crippen LogP contribution in [-0.2, 0) is 14.8 Å². The van der Waals surface area contributed by atoms with Crippen molar-refractivity contribution in [2.75, 3.05) is 18.9 Å². The number of ether oxygens (including phenoxy) is 2. The van der Waals surface area contributed by atoms with Crippen molar-refractivity contribution in [1.82, 2.24) is 0 Å². The van der Waals surface area contributed by atoms with Gasteiger partial charge in [-0.3, -0.25) is 9.52 Å². The Kier molecular flexibility index (Phi) is 6.06. The van der Waals surface area contributed by atoms with Gasteiger partial charge in [0.15, 0.2) is 11.5 Å². The first kappa shape index (κ1) is 18.8. The maximum absolute atomic E-state index is 12.5. The molecule has 0 aromatic heterocycles. The van der Waals surface area contributed by atoms with Crippen molar-refractivity contribution in [1.29, 1.82) is 0 Å². The van der Waals surface area contributed by atoms with Crippen LogP contribution in [-0.4, -0.2) is 27.9 Å². The van der Waals surface area contributed by atoms with Crippen molar-refractivity contribution < 1.29 is 22.7 Å². The fourth-order valence-corrected chi connectivity index (χ4v) is 3.16. The molecule has 132 valence electrons. The number of carbonyl (C=O) groups is 1. The largest absolute Gasteiger partial charge is 0.493 e. The first-order valence-corrected chi connectivity index (χ1v) is 8.94. The Bertz CT molecular complexity index is 892. The minimum absolute atomic E-state index is 0.0434. The lowest BCUT2D eigenvalue weighted by Gasteiger charge is -2.11. The molecule has 8 heteroatoms. The summed E-state index contributed by atoms with van der Waals surface area (Å²) < 4.78 is 37.7. The van der Waals surface area contributed by atoms with Gasteiger partial charge < -0.3 is 9.47 Å². The number of rotatable bonds is 7. The number of halogens is 1. The highest BCUT2D eigenvalue weighted by molar-refractivity contribution is 7.92. The van der Waals surface area contributed by atoms with E-state index in [0.29, 0.717) is 22.7 Å². The number of nitrogens with one attached hydrogen (secondary N) is 1. The Morgan fingerprint density at radius 2 is 1.68 bits per heavy atom.